The second kappa shape index (κ2) is 5.05. The standard InChI is InChI=1S/C16H19N3O2/c1-19-12(8-16(21)5-3-2-4-6-16)7-13-11(9-17)10-18-15(20)14(13)19/h7,10,21H,2-6,8H2,1H3,(H,18,20). The summed E-state index contributed by atoms with van der Waals surface area (Å²) in [6.45, 7) is 0. The maximum absolute atomic E-state index is 12.0. The highest BCUT2D eigenvalue weighted by Gasteiger charge is 2.30. The van der Waals surface area contributed by atoms with E-state index >= 15 is 0 Å². The second-order valence-corrected chi connectivity index (χ2v) is 6.06. The van der Waals surface area contributed by atoms with Crippen molar-refractivity contribution in [1.29, 1.82) is 5.26 Å². The van der Waals surface area contributed by atoms with Gasteiger partial charge in [0, 0.05) is 30.7 Å². The van der Waals surface area contributed by atoms with Crippen molar-refractivity contribution in [2.24, 2.45) is 7.05 Å². The first kappa shape index (κ1) is 13.9. The molecule has 2 heterocycles. The minimum Gasteiger partial charge on any atom is -0.389 e. The van der Waals surface area contributed by atoms with Gasteiger partial charge in [0.05, 0.1) is 11.2 Å². The van der Waals surface area contributed by atoms with Crippen molar-refractivity contribution in [2.45, 2.75) is 44.1 Å². The van der Waals surface area contributed by atoms with Crippen LogP contribution in [0.5, 0.6) is 0 Å². The molecule has 5 nitrogen and oxygen atoms in total. The van der Waals surface area contributed by atoms with E-state index in [0.29, 0.717) is 22.9 Å². The van der Waals surface area contributed by atoms with E-state index in [9.17, 15) is 9.90 Å². The molecule has 5 heteroatoms. The molecule has 0 amide bonds. The number of aromatic amines is 1. The van der Waals surface area contributed by atoms with Crippen molar-refractivity contribution in [1.82, 2.24) is 9.55 Å². The van der Waals surface area contributed by atoms with Gasteiger partial charge in [0.2, 0.25) is 0 Å². The van der Waals surface area contributed by atoms with E-state index in [1.165, 1.54) is 12.6 Å². The Morgan fingerprint density at radius 3 is 2.81 bits per heavy atom. The molecule has 1 fully saturated rings. The molecule has 3 rings (SSSR count). The molecule has 0 atom stereocenters. The summed E-state index contributed by atoms with van der Waals surface area (Å²) in [6.07, 6.45) is 6.85. The third-order valence-corrected chi connectivity index (χ3v) is 4.60. The summed E-state index contributed by atoms with van der Waals surface area (Å²) < 4.78 is 1.81. The first-order chi connectivity index (χ1) is 10.0. The van der Waals surface area contributed by atoms with Crippen LogP contribution in [0.2, 0.25) is 0 Å². The Morgan fingerprint density at radius 2 is 2.14 bits per heavy atom. The number of aryl methyl sites for hydroxylation is 1. The Labute approximate surface area is 122 Å². The van der Waals surface area contributed by atoms with Crippen LogP contribution in [0.1, 0.15) is 43.4 Å². The number of aromatic nitrogens is 2. The highest BCUT2D eigenvalue weighted by Crippen LogP contribution is 2.32. The largest absolute Gasteiger partial charge is 0.389 e. The molecule has 21 heavy (non-hydrogen) atoms. The summed E-state index contributed by atoms with van der Waals surface area (Å²) in [5.41, 5.74) is 0.987. The predicted molar refractivity (Wildman–Crippen MR) is 80.0 cm³/mol. The van der Waals surface area contributed by atoms with Crippen LogP contribution in [0.15, 0.2) is 17.1 Å². The normalized spacial score (nSPS) is 17.8. The van der Waals surface area contributed by atoms with Crippen molar-refractivity contribution >= 4 is 10.9 Å². The highest BCUT2D eigenvalue weighted by atomic mass is 16.3. The zero-order chi connectivity index (χ0) is 15.0. The van der Waals surface area contributed by atoms with Gasteiger partial charge < -0.3 is 14.7 Å². The zero-order valence-electron chi connectivity index (χ0n) is 12.1. The molecule has 0 radical (unpaired) electrons. The average molecular weight is 285 g/mol. The third-order valence-electron chi connectivity index (χ3n) is 4.60. The highest BCUT2D eigenvalue weighted by molar-refractivity contribution is 5.85. The first-order valence-electron chi connectivity index (χ1n) is 7.36. The third kappa shape index (κ3) is 2.36. The van der Waals surface area contributed by atoms with Gasteiger partial charge in [0.25, 0.3) is 5.56 Å². The van der Waals surface area contributed by atoms with Gasteiger partial charge in [-0.2, -0.15) is 5.26 Å². The van der Waals surface area contributed by atoms with Gasteiger partial charge in [-0.05, 0) is 18.9 Å². The summed E-state index contributed by atoms with van der Waals surface area (Å²) in [4.78, 5) is 14.6. The van der Waals surface area contributed by atoms with Crippen LogP contribution in [0.4, 0.5) is 0 Å². The second-order valence-electron chi connectivity index (χ2n) is 6.06. The summed E-state index contributed by atoms with van der Waals surface area (Å²) >= 11 is 0. The Kier molecular flexibility index (Phi) is 3.34. The number of H-pyrrole nitrogens is 1. The molecular weight excluding hydrogens is 266 g/mol. The number of nitriles is 1. The summed E-state index contributed by atoms with van der Waals surface area (Å²) in [5, 5.41) is 20.5. The molecular formula is C16H19N3O2. The number of nitrogens with one attached hydrogen (secondary N) is 1. The smallest absolute Gasteiger partial charge is 0.272 e. The molecule has 0 saturated heterocycles. The van der Waals surface area contributed by atoms with Crippen LogP contribution in [-0.4, -0.2) is 20.3 Å². The van der Waals surface area contributed by atoms with Crippen LogP contribution < -0.4 is 5.56 Å². The lowest BCUT2D eigenvalue weighted by Gasteiger charge is -2.32. The van der Waals surface area contributed by atoms with Gasteiger partial charge in [-0.3, -0.25) is 4.79 Å². The fraction of sp³-hybridized carbons (Fsp3) is 0.500. The molecule has 0 bridgehead atoms. The van der Waals surface area contributed by atoms with Crippen molar-refractivity contribution < 1.29 is 5.11 Å². The monoisotopic (exact) mass is 285 g/mol. The van der Waals surface area contributed by atoms with Crippen molar-refractivity contribution in [3.63, 3.8) is 0 Å². The van der Waals surface area contributed by atoms with Gasteiger partial charge in [-0.1, -0.05) is 19.3 Å². The lowest BCUT2D eigenvalue weighted by molar-refractivity contribution is 0.00321. The molecule has 2 aromatic rings. The number of fused-ring (bicyclic) bond motifs is 1. The Bertz CT molecular complexity index is 773. The minimum atomic E-state index is -0.681. The molecule has 0 spiro atoms. The van der Waals surface area contributed by atoms with Crippen LogP contribution in [0.25, 0.3) is 10.9 Å². The fourth-order valence-corrected chi connectivity index (χ4v) is 3.41. The lowest BCUT2D eigenvalue weighted by atomic mass is 9.81. The zero-order valence-corrected chi connectivity index (χ0v) is 12.1. The molecule has 2 aromatic heterocycles. The maximum atomic E-state index is 12.0. The average Bonchev–Trinajstić information content (AvgIpc) is 2.78. The maximum Gasteiger partial charge on any atom is 0.272 e. The van der Waals surface area contributed by atoms with Crippen molar-refractivity contribution in [3.05, 3.63) is 33.9 Å². The summed E-state index contributed by atoms with van der Waals surface area (Å²) in [7, 11) is 1.82. The lowest BCUT2D eigenvalue weighted by Crippen LogP contribution is -2.34. The number of pyridine rings is 1. The van der Waals surface area contributed by atoms with Crippen LogP contribution in [-0.2, 0) is 13.5 Å². The Balaban J connectivity index is 2.08. The van der Waals surface area contributed by atoms with Gasteiger partial charge in [0.1, 0.15) is 11.6 Å². The number of rotatable bonds is 2. The Morgan fingerprint density at radius 1 is 1.43 bits per heavy atom. The molecule has 1 aliphatic rings. The fourth-order valence-electron chi connectivity index (χ4n) is 3.41. The number of aliphatic hydroxyl groups is 1. The van der Waals surface area contributed by atoms with E-state index in [1.54, 1.807) is 0 Å². The van der Waals surface area contributed by atoms with Gasteiger partial charge in [0.15, 0.2) is 0 Å². The Hall–Kier alpha value is -2.06. The molecule has 2 N–H and O–H groups in total. The number of hydrogen-bond donors (Lipinski definition) is 2. The first-order valence-corrected chi connectivity index (χ1v) is 7.36. The number of nitrogens with zero attached hydrogens (tertiary/aromatic N) is 2. The van der Waals surface area contributed by atoms with E-state index in [-0.39, 0.29) is 5.56 Å². The van der Waals surface area contributed by atoms with Crippen LogP contribution >= 0.6 is 0 Å². The van der Waals surface area contributed by atoms with Crippen LogP contribution in [0, 0.1) is 11.3 Å². The van der Waals surface area contributed by atoms with E-state index in [1.807, 2.05) is 17.7 Å². The minimum absolute atomic E-state index is 0.201. The van der Waals surface area contributed by atoms with Gasteiger partial charge >= 0.3 is 0 Å². The van der Waals surface area contributed by atoms with E-state index in [2.05, 4.69) is 11.1 Å². The van der Waals surface area contributed by atoms with E-state index in [4.69, 9.17) is 5.26 Å². The molecule has 0 unspecified atom stereocenters. The SMILES string of the molecule is Cn1c(CC2(O)CCCCC2)cc2c(C#N)c[nH]c(=O)c21. The molecule has 1 saturated carbocycles. The van der Waals surface area contributed by atoms with Gasteiger partial charge in [-0.15, -0.1) is 0 Å². The quantitative estimate of drug-likeness (QED) is 0.885. The summed E-state index contributed by atoms with van der Waals surface area (Å²) in [6, 6.07) is 3.98. The van der Waals surface area contributed by atoms with Crippen LogP contribution in [0.3, 0.4) is 0 Å². The van der Waals surface area contributed by atoms with E-state index < -0.39 is 5.60 Å². The topological polar surface area (TPSA) is 81.8 Å². The summed E-state index contributed by atoms with van der Waals surface area (Å²) in [5.74, 6) is 0. The molecule has 1 aliphatic carbocycles. The molecule has 0 aromatic carbocycles. The number of hydrogen-bond acceptors (Lipinski definition) is 3. The van der Waals surface area contributed by atoms with E-state index in [0.717, 1.165) is 31.4 Å². The predicted octanol–water partition coefficient (Wildman–Crippen LogP) is 1.98. The molecule has 110 valence electrons. The van der Waals surface area contributed by atoms with Crippen molar-refractivity contribution in [2.75, 3.05) is 0 Å². The van der Waals surface area contributed by atoms with Gasteiger partial charge in [-0.25, -0.2) is 0 Å². The van der Waals surface area contributed by atoms with Crippen molar-refractivity contribution in [3.8, 4) is 6.07 Å². The molecule has 0 aliphatic heterocycles.